The zero-order valence-electron chi connectivity index (χ0n) is 22.2. The van der Waals surface area contributed by atoms with Crippen molar-refractivity contribution in [1.29, 1.82) is 0 Å². The molecule has 0 atom stereocenters. The average Bonchev–Trinajstić information content (AvgIpc) is 2.77. The van der Waals surface area contributed by atoms with Gasteiger partial charge in [0, 0.05) is 0 Å². The number of unbranched alkanes of at least 4 members (excludes halogenated alkanes) is 5. The summed E-state index contributed by atoms with van der Waals surface area (Å²) in [4.78, 5) is 5.41. The summed E-state index contributed by atoms with van der Waals surface area (Å²) in [6.45, 7) is 29.1. The van der Waals surface area contributed by atoms with Crippen LogP contribution in [0.4, 0.5) is 0 Å². The topological polar surface area (TPSA) is 6.48 Å². The molecule has 0 aromatic carbocycles. The van der Waals surface area contributed by atoms with Crippen LogP contribution >= 0.6 is 0 Å². The third kappa shape index (κ3) is 30.6. The first-order chi connectivity index (χ1) is 13.8. The van der Waals surface area contributed by atoms with Gasteiger partial charge in [0.05, 0.1) is 0 Å². The maximum Gasteiger partial charge on any atom is -0.00183 e. The molecule has 0 radical (unpaired) electrons. The Bertz CT molecular complexity index is 169. The fourth-order valence-corrected chi connectivity index (χ4v) is 2.87. The van der Waals surface area contributed by atoms with Crippen molar-refractivity contribution in [3.8, 4) is 0 Å². The van der Waals surface area contributed by atoms with Crippen molar-refractivity contribution in [3.05, 3.63) is 0 Å². The molecule has 0 saturated carbocycles. The first-order valence-electron chi connectivity index (χ1n) is 13.2. The van der Waals surface area contributed by atoms with Gasteiger partial charge in [-0.2, -0.15) is 0 Å². The van der Waals surface area contributed by atoms with Gasteiger partial charge < -0.3 is 9.80 Å². The number of rotatable bonds is 17. The summed E-state index contributed by atoms with van der Waals surface area (Å²) in [6.07, 6.45) is 13.5. The molecule has 0 aromatic heterocycles. The number of hydrogen-bond donors (Lipinski definition) is 0. The van der Waals surface area contributed by atoms with E-state index >= 15 is 0 Å². The minimum Gasteiger partial charge on any atom is -0.303 e. The summed E-state index contributed by atoms with van der Waals surface area (Å²) in [5.41, 5.74) is 0. The van der Waals surface area contributed by atoms with E-state index in [9.17, 15) is 0 Å². The molecule has 0 heterocycles. The molecule has 0 fully saturated rings. The Balaban J connectivity index is -0.000000434. The van der Waals surface area contributed by atoms with Crippen molar-refractivity contribution in [2.24, 2.45) is 0 Å². The highest BCUT2D eigenvalue weighted by molar-refractivity contribution is 4.62. The van der Waals surface area contributed by atoms with E-state index in [1.165, 1.54) is 103 Å². The first-order valence-corrected chi connectivity index (χ1v) is 13.2. The Morgan fingerprint density at radius 2 is 0.500 bits per heavy atom. The summed E-state index contributed by atoms with van der Waals surface area (Å²) in [6, 6.07) is 0. The van der Waals surface area contributed by atoms with Gasteiger partial charge in [0.15, 0.2) is 0 Å². The molecular weight excluding hydrogens is 340 g/mol. The lowest BCUT2D eigenvalue weighted by Gasteiger charge is -2.24. The fourth-order valence-electron chi connectivity index (χ4n) is 2.87. The normalized spacial score (nSPS) is 9.86. The van der Waals surface area contributed by atoms with Crippen molar-refractivity contribution in [2.45, 2.75) is 133 Å². The van der Waals surface area contributed by atoms with E-state index in [0.29, 0.717) is 0 Å². The first kappa shape index (κ1) is 35.4. The molecule has 0 aliphatic carbocycles. The SMILES string of the molecule is CC.CC.CC.CCCCN(CCCC)CCCCN(CCCC)CCCC. The maximum absolute atomic E-state index is 2.70. The quantitative estimate of drug-likeness (QED) is 0.224. The minimum atomic E-state index is 1.31. The van der Waals surface area contributed by atoms with Crippen molar-refractivity contribution < 1.29 is 0 Å². The Hall–Kier alpha value is -0.0800. The van der Waals surface area contributed by atoms with Crippen LogP contribution in [0.5, 0.6) is 0 Å². The highest BCUT2D eigenvalue weighted by Gasteiger charge is 2.06. The van der Waals surface area contributed by atoms with E-state index < -0.39 is 0 Å². The summed E-state index contributed by atoms with van der Waals surface area (Å²) in [5, 5.41) is 0. The standard InChI is InChI=1S/C20H44N2.3C2H6/c1-5-9-15-21(16-10-6-2)19-13-14-20-22(17-11-7-3)18-12-8-4;3*1-2/h5-20H2,1-4H3;3*1-2H3. The Labute approximate surface area is 182 Å². The molecule has 0 rings (SSSR count). The predicted molar refractivity (Wildman–Crippen MR) is 136 cm³/mol. The van der Waals surface area contributed by atoms with Gasteiger partial charge in [0.1, 0.15) is 0 Å². The van der Waals surface area contributed by atoms with Crippen molar-refractivity contribution in [3.63, 3.8) is 0 Å². The minimum absolute atomic E-state index is 1.31. The largest absolute Gasteiger partial charge is 0.303 e. The molecule has 176 valence electrons. The molecule has 0 saturated heterocycles. The lowest BCUT2D eigenvalue weighted by molar-refractivity contribution is 0.233. The second-order valence-electron chi connectivity index (χ2n) is 6.80. The smallest absolute Gasteiger partial charge is 0.00183 e. The third-order valence-electron chi connectivity index (χ3n) is 4.51. The van der Waals surface area contributed by atoms with Crippen LogP contribution in [0.1, 0.15) is 133 Å². The van der Waals surface area contributed by atoms with Gasteiger partial charge in [-0.3, -0.25) is 0 Å². The zero-order valence-corrected chi connectivity index (χ0v) is 22.2. The fraction of sp³-hybridized carbons (Fsp3) is 1.00. The van der Waals surface area contributed by atoms with Crippen LogP contribution in [-0.4, -0.2) is 49.1 Å². The van der Waals surface area contributed by atoms with Crippen LogP contribution in [0.2, 0.25) is 0 Å². The van der Waals surface area contributed by atoms with Crippen LogP contribution in [0, 0.1) is 0 Å². The van der Waals surface area contributed by atoms with Crippen LogP contribution in [0.15, 0.2) is 0 Å². The summed E-state index contributed by atoms with van der Waals surface area (Å²) in [5.74, 6) is 0. The molecule has 28 heavy (non-hydrogen) atoms. The predicted octanol–water partition coefficient (Wildman–Crippen LogP) is 8.65. The van der Waals surface area contributed by atoms with Gasteiger partial charge in [-0.15, -0.1) is 0 Å². The number of nitrogens with zero attached hydrogens (tertiary/aromatic N) is 2. The summed E-state index contributed by atoms with van der Waals surface area (Å²) in [7, 11) is 0. The Morgan fingerprint density at radius 1 is 0.321 bits per heavy atom. The summed E-state index contributed by atoms with van der Waals surface area (Å²) < 4.78 is 0. The van der Waals surface area contributed by atoms with Gasteiger partial charge in [-0.1, -0.05) is 94.9 Å². The van der Waals surface area contributed by atoms with Gasteiger partial charge in [0.2, 0.25) is 0 Å². The molecule has 2 nitrogen and oxygen atoms in total. The second-order valence-corrected chi connectivity index (χ2v) is 6.80. The van der Waals surface area contributed by atoms with E-state index in [1.807, 2.05) is 41.5 Å². The molecule has 0 unspecified atom stereocenters. The van der Waals surface area contributed by atoms with Crippen LogP contribution in [-0.2, 0) is 0 Å². The molecule has 0 bridgehead atoms. The van der Waals surface area contributed by atoms with Gasteiger partial charge in [0.25, 0.3) is 0 Å². The molecule has 0 aliphatic heterocycles. The molecule has 0 amide bonds. The second kappa shape index (κ2) is 37.6. The van der Waals surface area contributed by atoms with E-state index in [2.05, 4.69) is 37.5 Å². The van der Waals surface area contributed by atoms with E-state index in [-0.39, 0.29) is 0 Å². The van der Waals surface area contributed by atoms with Crippen molar-refractivity contribution in [1.82, 2.24) is 9.80 Å². The Morgan fingerprint density at radius 3 is 0.679 bits per heavy atom. The van der Waals surface area contributed by atoms with Gasteiger partial charge in [-0.05, 0) is 77.8 Å². The van der Waals surface area contributed by atoms with Crippen molar-refractivity contribution in [2.75, 3.05) is 39.3 Å². The molecule has 0 aliphatic rings. The Kier molecular flexibility index (Phi) is 47.5. The van der Waals surface area contributed by atoms with E-state index in [1.54, 1.807) is 0 Å². The molecule has 0 spiro atoms. The molecule has 0 N–H and O–H groups in total. The van der Waals surface area contributed by atoms with Crippen molar-refractivity contribution >= 4 is 0 Å². The zero-order chi connectivity index (χ0) is 22.5. The highest BCUT2D eigenvalue weighted by Crippen LogP contribution is 2.05. The lowest BCUT2D eigenvalue weighted by atomic mass is 10.2. The van der Waals surface area contributed by atoms with Gasteiger partial charge >= 0.3 is 0 Å². The molecular formula is C26H62N2. The highest BCUT2D eigenvalue weighted by atomic mass is 15.1. The molecule has 2 heteroatoms. The number of hydrogen-bond acceptors (Lipinski definition) is 2. The average molecular weight is 403 g/mol. The lowest BCUT2D eigenvalue weighted by Crippen LogP contribution is -2.30. The monoisotopic (exact) mass is 402 g/mol. The van der Waals surface area contributed by atoms with Crippen LogP contribution in [0.25, 0.3) is 0 Å². The van der Waals surface area contributed by atoms with Crippen LogP contribution in [0.3, 0.4) is 0 Å². The van der Waals surface area contributed by atoms with E-state index in [0.717, 1.165) is 0 Å². The van der Waals surface area contributed by atoms with E-state index in [4.69, 9.17) is 0 Å². The maximum atomic E-state index is 2.70. The summed E-state index contributed by atoms with van der Waals surface area (Å²) >= 11 is 0. The molecule has 0 aromatic rings. The van der Waals surface area contributed by atoms with Crippen LogP contribution < -0.4 is 0 Å². The third-order valence-corrected chi connectivity index (χ3v) is 4.51. The van der Waals surface area contributed by atoms with Gasteiger partial charge in [-0.25, -0.2) is 0 Å².